The van der Waals surface area contributed by atoms with E-state index < -0.39 is 6.04 Å². The van der Waals surface area contributed by atoms with Gasteiger partial charge in [0.25, 0.3) is 0 Å². The second kappa shape index (κ2) is 7.93. The summed E-state index contributed by atoms with van der Waals surface area (Å²) >= 11 is 0. The standard InChI is InChI=1S/C20H24N6O2/c21-19(28)17-12-15-4-1-2-5-16(15)13-26(17)14-18(27)24-8-10-25(11-9-24)20-22-6-3-7-23-20/h1-7,17H,8-14H2,(H2,21,28)/t17-/m0/s1. The Morgan fingerprint density at radius 3 is 2.36 bits per heavy atom. The normalized spacial score (nSPS) is 19.9. The van der Waals surface area contributed by atoms with Crippen molar-refractivity contribution >= 4 is 17.8 Å². The van der Waals surface area contributed by atoms with Crippen molar-refractivity contribution in [1.29, 1.82) is 0 Å². The Morgan fingerprint density at radius 2 is 1.68 bits per heavy atom. The lowest BCUT2D eigenvalue weighted by Gasteiger charge is -2.38. The summed E-state index contributed by atoms with van der Waals surface area (Å²) in [6.07, 6.45) is 3.99. The van der Waals surface area contributed by atoms with Gasteiger partial charge in [0.15, 0.2) is 0 Å². The molecule has 1 saturated heterocycles. The Hall–Kier alpha value is -3.00. The lowest BCUT2D eigenvalue weighted by Crippen LogP contribution is -2.55. The molecule has 2 amide bonds. The topological polar surface area (TPSA) is 95.7 Å². The summed E-state index contributed by atoms with van der Waals surface area (Å²) < 4.78 is 0. The van der Waals surface area contributed by atoms with Gasteiger partial charge >= 0.3 is 0 Å². The van der Waals surface area contributed by atoms with Crippen molar-refractivity contribution in [3.8, 4) is 0 Å². The highest BCUT2D eigenvalue weighted by Gasteiger charge is 2.33. The van der Waals surface area contributed by atoms with Crippen molar-refractivity contribution in [2.45, 2.75) is 19.0 Å². The molecule has 1 fully saturated rings. The summed E-state index contributed by atoms with van der Waals surface area (Å²) in [6, 6.07) is 9.35. The van der Waals surface area contributed by atoms with E-state index in [-0.39, 0.29) is 18.4 Å². The number of anilines is 1. The Labute approximate surface area is 164 Å². The maximum absolute atomic E-state index is 12.9. The first-order valence-corrected chi connectivity index (χ1v) is 9.51. The van der Waals surface area contributed by atoms with Crippen molar-refractivity contribution in [2.24, 2.45) is 5.73 Å². The lowest BCUT2D eigenvalue weighted by molar-refractivity contribution is -0.135. The molecule has 0 aliphatic carbocycles. The molecule has 4 rings (SSSR count). The van der Waals surface area contributed by atoms with Gasteiger partial charge in [0.05, 0.1) is 12.6 Å². The molecule has 2 N–H and O–H groups in total. The highest BCUT2D eigenvalue weighted by atomic mass is 16.2. The number of amides is 2. The quantitative estimate of drug-likeness (QED) is 0.805. The molecule has 8 heteroatoms. The third-order valence-electron chi connectivity index (χ3n) is 5.48. The van der Waals surface area contributed by atoms with Crippen molar-refractivity contribution in [3.63, 3.8) is 0 Å². The van der Waals surface area contributed by atoms with E-state index in [1.807, 2.05) is 34.1 Å². The number of primary amides is 1. The summed E-state index contributed by atoms with van der Waals surface area (Å²) in [5.41, 5.74) is 7.91. The Morgan fingerprint density at radius 1 is 1.00 bits per heavy atom. The summed E-state index contributed by atoms with van der Waals surface area (Å²) in [5, 5.41) is 0. The highest BCUT2D eigenvalue weighted by Crippen LogP contribution is 2.23. The van der Waals surface area contributed by atoms with Gasteiger partial charge in [-0.3, -0.25) is 14.5 Å². The number of piperazine rings is 1. The Balaban J connectivity index is 1.38. The van der Waals surface area contributed by atoms with Gasteiger partial charge < -0.3 is 15.5 Å². The zero-order chi connectivity index (χ0) is 19.5. The van der Waals surface area contributed by atoms with Crippen LogP contribution in [0.1, 0.15) is 11.1 Å². The number of carbonyl (C=O) groups excluding carboxylic acids is 2. The number of fused-ring (bicyclic) bond motifs is 1. The monoisotopic (exact) mass is 380 g/mol. The van der Waals surface area contributed by atoms with E-state index in [9.17, 15) is 9.59 Å². The first-order chi connectivity index (χ1) is 13.6. The van der Waals surface area contributed by atoms with Crippen molar-refractivity contribution < 1.29 is 9.59 Å². The van der Waals surface area contributed by atoms with Crippen LogP contribution in [0.3, 0.4) is 0 Å². The predicted molar refractivity (Wildman–Crippen MR) is 104 cm³/mol. The van der Waals surface area contributed by atoms with E-state index in [1.54, 1.807) is 18.5 Å². The van der Waals surface area contributed by atoms with E-state index in [0.29, 0.717) is 45.1 Å². The van der Waals surface area contributed by atoms with Gasteiger partial charge in [0.1, 0.15) is 0 Å². The highest BCUT2D eigenvalue weighted by molar-refractivity contribution is 5.83. The van der Waals surface area contributed by atoms with Crippen LogP contribution in [0.4, 0.5) is 5.95 Å². The summed E-state index contributed by atoms with van der Waals surface area (Å²) in [7, 11) is 0. The molecule has 2 aromatic rings. The number of hydrogen-bond donors (Lipinski definition) is 1. The summed E-state index contributed by atoms with van der Waals surface area (Å²) in [4.78, 5) is 39.2. The van der Waals surface area contributed by atoms with Crippen LogP contribution in [0, 0.1) is 0 Å². The number of carbonyl (C=O) groups is 2. The zero-order valence-corrected chi connectivity index (χ0v) is 15.7. The minimum atomic E-state index is -0.446. The molecule has 0 bridgehead atoms. The smallest absolute Gasteiger partial charge is 0.236 e. The number of nitrogens with zero attached hydrogens (tertiary/aromatic N) is 5. The molecular formula is C20H24N6O2. The third-order valence-corrected chi connectivity index (χ3v) is 5.48. The van der Waals surface area contributed by atoms with Gasteiger partial charge in [-0.2, -0.15) is 0 Å². The first kappa shape index (κ1) is 18.4. The molecule has 0 saturated carbocycles. The molecular weight excluding hydrogens is 356 g/mol. The van der Waals surface area contributed by atoms with Crippen LogP contribution in [0.2, 0.25) is 0 Å². The van der Waals surface area contributed by atoms with Crippen molar-refractivity contribution in [3.05, 3.63) is 53.9 Å². The van der Waals surface area contributed by atoms with Gasteiger partial charge in [-0.15, -0.1) is 0 Å². The second-order valence-corrected chi connectivity index (χ2v) is 7.21. The first-order valence-electron chi connectivity index (χ1n) is 9.51. The maximum atomic E-state index is 12.9. The number of hydrogen-bond acceptors (Lipinski definition) is 6. The maximum Gasteiger partial charge on any atom is 0.236 e. The number of aromatic nitrogens is 2. The second-order valence-electron chi connectivity index (χ2n) is 7.21. The lowest BCUT2D eigenvalue weighted by atomic mass is 9.93. The molecule has 0 spiro atoms. The molecule has 146 valence electrons. The average Bonchev–Trinajstić information content (AvgIpc) is 2.74. The average molecular weight is 380 g/mol. The summed E-state index contributed by atoms with van der Waals surface area (Å²) in [5.74, 6) is 0.337. The molecule has 1 aromatic carbocycles. The van der Waals surface area contributed by atoms with Gasteiger partial charge in [0.2, 0.25) is 17.8 Å². The van der Waals surface area contributed by atoms with E-state index >= 15 is 0 Å². The fraction of sp³-hybridized carbons (Fsp3) is 0.400. The minimum absolute atomic E-state index is 0.0271. The van der Waals surface area contributed by atoms with E-state index in [2.05, 4.69) is 14.9 Å². The number of rotatable bonds is 4. The fourth-order valence-electron chi connectivity index (χ4n) is 3.91. The SMILES string of the molecule is NC(=O)[C@@H]1Cc2ccccc2CN1CC(=O)N1CCN(c2ncccn2)CC1. The largest absolute Gasteiger partial charge is 0.368 e. The molecule has 8 nitrogen and oxygen atoms in total. The van der Waals surface area contributed by atoms with Crippen LogP contribution in [0.15, 0.2) is 42.7 Å². The molecule has 3 heterocycles. The fourth-order valence-corrected chi connectivity index (χ4v) is 3.91. The van der Waals surface area contributed by atoms with Gasteiger partial charge in [-0.25, -0.2) is 9.97 Å². The zero-order valence-electron chi connectivity index (χ0n) is 15.7. The van der Waals surface area contributed by atoms with Crippen molar-refractivity contribution in [2.75, 3.05) is 37.6 Å². The minimum Gasteiger partial charge on any atom is -0.368 e. The molecule has 2 aliphatic heterocycles. The van der Waals surface area contributed by atoms with Gasteiger partial charge in [-0.05, 0) is 23.6 Å². The van der Waals surface area contributed by atoms with Crippen LogP contribution in [-0.2, 0) is 22.6 Å². The molecule has 0 radical (unpaired) electrons. The van der Waals surface area contributed by atoms with Crippen molar-refractivity contribution in [1.82, 2.24) is 19.8 Å². The van der Waals surface area contributed by atoms with Gasteiger partial charge in [0, 0.05) is 45.1 Å². The molecule has 1 atom stereocenters. The predicted octanol–water partition coefficient (Wildman–Crippen LogP) is 0.0374. The van der Waals surface area contributed by atoms with Crippen LogP contribution < -0.4 is 10.6 Å². The van der Waals surface area contributed by atoms with E-state index in [1.165, 1.54) is 0 Å². The number of benzene rings is 1. The summed E-state index contributed by atoms with van der Waals surface area (Å²) in [6.45, 7) is 3.37. The van der Waals surface area contributed by atoms with Gasteiger partial charge in [-0.1, -0.05) is 24.3 Å². The van der Waals surface area contributed by atoms with Crippen LogP contribution in [0.25, 0.3) is 0 Å². The molecule has 2 aliphatic rings. The third kappa shape index (κ3) is 3.82. The molecule has 28 heavy (non-hydrogen) atoms. The van der Waals surface area contributed by atoms with E-state index in [4.69, 9.17) is 5.73 Å². The molecule has 1 aromatic heterocycles. The van der Waals surface area contributed by atoms with Crippen LogP contribution >= 0.6 is 0 Å². The Kier molecular flexibility index (Phi) is 5.21. The number of nitrogens with two attached hydrogens (primary N) is 1. The Bertz CT molecular complexity index is 851. The van der Waals surface area contributed by atoms with E-state index in [0.717, 1.165) is 11.1 Å². The molecule has 0 unspecified atom stereocenters. The van der Waals surface area contributed by atoms with Crippen LogP contribution in [0.5, 0.6) is 0 Å². The van der Waals surface area contributed by atoms with Crippen LogP contribution in [-0.4, -0.2) is 70.3 Å².